The minimum Gasteiger partial charge on any atom is -0.350 e. The molecule has 1 atom stereocenters. The Morgan fingerprint density at radius 3 is 2.74 bits per heavy atom. The second-order valence-electron chi connectivity index (χ2n) is 4.92. The van der Waals surface area contributed by atoms with Crippen molar-refractivity contribution in [3.8, 4) is 0 Å². The second-order valence-corrected chi connectivity index (χ2v) is 8.30. The van der Waals surface area contributed by atoms with Gasteiger partial charge in [0.15, 0.2) is 0 Å². The van der Waals surface area contributed by atoms with Crippen molar-refractivity contribution in [2.75, 3.05) is 6.54 Å². The molecule has 2 N–H and O–H groups in total. The van der Waals surface area contributed by atoms with E-state index in [1.165, 1.54) is 6.07 Å². The van der Waals surface area contributed by atoms with E-state index in [0.29, 0.717) is 5.02 Å². The number of rotatable bonds is 7. The molecule has 0 aliphatic heterocycles. The van der Waals surface area contributed by atoms with Gasteiger partial charge in [-0.25, -0.2) is 13.1 Å². The standard InChI is InChI=1S/C15H17ClN2O3S2/c1-11(12-4-2-5-13(16)10-12)18-14(19)7-8-17-23(20,21)15-6-3-9-22-15/h2-6,9-11,17H,7-8H2,1H3,(H,18,19)/t11-/m1/s1. The van der Waals surface area contributed by atoms with Gasteiger partial charge in [-0.05, 0) is 36.1 Å². The molecule has 0 unspecified atom stereocenters. The highest BCUT2D eigenvalue weighted by Gasteiger charge is 2.15. The summed E-state index contributed by atoms with van der Waals surface area (Å²) in [4.78, 5) is 11.9. The summed E-state index contributed by atoms with van der Waals surface area (Å²) in [6.45, 7) is 1.90. The number of hydrogen-bond donors (Lipinski definition) is 2. The maximum absolute atomic E-state index is 11.9. The first kappa shape index (κ1) is 17.9. The van der Waals surface area contributed by atoms with Gasteiger partial charge in [0.25, 0.3) is 0 Å². The van der Waals surface area contributed by atoms with E-state index in [-0.39, 0.29) is 29.1 Å². The third-order valence-electron chi connectivity index (χ3n) is 3.13. The highest BCUT2D eigenvalue weighted by molar-refractivity contribution is 7.91. The maximum Gasteiger partial charge on any atom is 0.250 e. The Morgan fingerprint density at radius 2 is 2.09 bits per heavy atom. The second kappa shape index (κ2) is 7.92. The summed E-state index contributed by atoms with van der Waals surface area (Å²) in [5.74, 6) is -0.230. The molecule has 0 aliphatic rings. The van der Waals surface area contributed by atoms with E-state index in [0.717, 1.165) is 16.9 Å². The predicted molar refractivity (Wildman–Crippen MR) is 92.1 cm³/mol. The molecule has 124 valence electrons. The van der Waals surface area contributed by atoms with Crippen LogP contribution in [0.4, 0.5) is 0 Å². The van der Waals surface area contributed by atoms with Crippen molar-refractivity contribution in [3.05, 3.63) is 52.4 Å². The normalized spacial score (nSPS) is 12.8. The fourth-order valence-electron chi connectivity index (χ4n) is 1.96. The Hall–Kier alpha value is -1.41. The van der Waals surface area contributed by atoms with Crippen LogP contribution in [0.2, 0.25) is 5.02 Å². The fraction of sp³-hybridized carbons (Fsp3) is 0.267. The molecular weight excluding hydrogens is 356 g/mol. The van der Waals surface area contributed by atoms with E-state index in [2.05, 4.69) is 10.0 Å². The van der Waals surface area contributed by atoms with Crippen LogP contribution in [0.25, 0.3) is 0 Å². The lowest BCUT2D eigenvalue weighted by Gasteiger charge is -2.14. The first-order chi connectivity index (χ1) is 10.9. The molecule has 1 aromatic carbocycles. The number of benzene rings is 1. The first-order valence-corrected chi connectivity index (χ1v) is 9.70. The largest absolute Gasteiger partial charge is 0.350 e. The topological polar surface area (TPSA) is 75.3 Å². The number of sulfonamides is 1. The predicted octanol–water partition coefficient (Wildman–Crippen LogP) is 2.95. The summed E-state index contributed by atoms with van der Waals surface area (Å²) in [7, 11) is -3.53. The lowest BCUT2D eigenvalue weighted by Crippen LogP contribution is -2.31. The molecule has 0 saturated carbocycles. The summed E-state index contributed by atoms with van der Waals surface area (Å²) in [5, 5.41) is 5.11. The smallest absolute Gasteiger partial charge is 0.250 e. The van der Waals surface area contributed by atoms with Crippen LogP contribution in [-0.2, 0) is 14.8 Å². The number of amides is 1. The van der Waals surface area contributed by atoms with Gasteiger partial charge < -0.3 is 5.32 Å². The molecule has 23 heavy (non-hydrogen) atoms. The zero-order valence-corrected chi connectivity index (χ0v) is 14.8. The molecular formula is C15H17ClN2O3S2. The third kappa shape index (κ3) is 5.31. The van der Waals surface area contributed by atoms with Crippen LogP contribution in [0.3, 0.4) is 0 Å². The van der Waals surface area contributed by atoms with E-state index in [9.17, 15) is 13.2 Å². The van der Waals surface area contributed by atoms with Crippen LogP contribution in [-0.4, -0.2) is 20.9 Å². The number of thiophene rings is 1. The van der Waals surface area contributed by atoms with Gasteiger partial charge in [0.2, 0.25) is 15.9 Å². The van der Waals surface area contributed by atoms with Crippen LogP contribution in [0, 0.1) is 0 Å². The highest BCUT2D eigenvalue weighted by atomic mass is 35.5. The Morgan fingerprint density at radius 1 is 1.30 bits per heavy atom. The molecule has 1 aromatic heterocycles. The van der Waals surface area contributed by atoms with Crippen LogP contribution >= 0.6 is 22.9 Å². The van der Waals surface area contributed by atoms with Gasteiger partial charge in [0, 0.05) is 18.0 Å². The van der Waals surface area contributed by atoms with E-state index in [1.807, 2.05) is 19.1 Å². The van der Waals surface area contributed by atoms with Crippen molar-refractivity contribution in [3.63, 3.8) is 0 Å². The van der Waals surface area contributed by atoms with E-state index >= 15 is 0 Å². The van der Waals surface area contributed by atoms with Gasteiger partial charge in [-0.2, -0.15) is 0 Å². The number of halogens is 1. The Balaban J connectivity index is 1.81. The van der Waals surface area contributed by atoms with Crippen LogP contribution in [0.15, 0.2) is 46.0 Å². The minimum absolute atomic E-state index is 0.0499. The summed E-state index contributed by atoms with van der Waals surface area (Å²) in [5.41, 5.74) is 0.894. The highest BCUT2D eigenvalue weighted by Crippen LogP contribution is 2.17. The van der Waals surface area contributed by atoms with Gasteiger partial charge in [-0.1, -0.05) is 29.8 Å². The SMILES string of the molecule is C[C@@H](NC(=O)CCNS(=O)(=O)c1cccs1)c1cccc(Cl)c1. The average Bonchev–Trinajstić information content (AvgIpc) is 3.02. The Kier molecular flexibility index (Phi) is 6.17. The number of hydrogen-bond acceptors (Lipinski definition) is 4. The van der Waals surface area contributed by atoms with Crippen molar-refractivity contribution < 1.29 is 13.2 Å². The molecule has 0 aliphatic carbocycles. The van der Waals surface area contributed by atoms with Gasteiger partial charge in [-0.15, -0.1) is 11.3 Å². The molecule has 1 heterocycles. The first-order valence-electron chi connectivity index (χ1n) is 6.96. The molecule has 8 heteroatoms. The zero-order chi connectivity index (χ0) is 16.9. The zero-order valence-electron chi connectivity index (χ0n) is 12.5. The molecule has 2 rings (SSSR count). The summed E-state index contributed by atoms with van der Waals surface area (Å²) in [6.07, 6.45) is 0.0650. The minimum atomic E-state index is -3.53. The van der Waals surface area contributed by atoms with Crippen molar-refractivity contribution in [2.45, 2.75) is 23.6 Å². The van der Waals surface area contributed by atoms with E-state index < -0.39 is 10.0 Å². The van der Waals surface area contributed by atoms with Crippen molar-refractivity contribution in [1.29, 1.82) is 0 Å². The van der Waals surface area contributed by atoms with E-state index in [4.69, 9.17) is 11.6 Å². The van der Waals surface area contributed by atoms with Crippen LogP contribution < -0.4 is 10.0 Å². The van der Waals surface area contributed by atoms with Gasteiger partial charge in [0.05, 0.1) is 6.04 Å². The molecule has 5 nitrogen and oxygen atoms in total. The third-order valence-corrected chi connectivity index (χ3v) is 6.22. The summed E-state index contributed by atoms with van der Waals surface area (Å²) >= 11 is 7.05. The number of carbonyl (C=O) groups excluding carboxylic acids is 1. The molecule has 0 fully saturated rings. The Bertz CT molecular complexity index is 761. The molecule has 0 saturated heterocycles. The summed E-state index contributed by atoms with van der Waals surface area (Å²) in [6, 6.07) is 10.2. The average molecular weight is 373 g/mol. The van der Waals surface area contributed by atoms with E-state index in [1.54, 1.807) is 23.6 Å². The number of nitrogens with one attached hydrogen (secondary N) is 2. The molecule has 2 aromatic rings. The Labute approximate surface area is 144 Å². The van der Waals surface area contributed by atoms with Gasteiger partial charge in [-0.3, -0.25) is 4.79 Å². The van der Waals surface area contributed by atoms with Gasteiger partial charge >= 0.3 is 0 Å². The van der Waals surface area contributed by atoms with Crippen LogP contribution in [0.5, 0.6) is 0 Å². The van der Waals surface area contributed by atoms with Crippen molar-refractivity contribution >= 4 is 38.9 Å². The number of carbonyl (C=O) groups is 1. The molecule has 1 amide bonds. The van der Waals surface area contributed by atoms with Gasteiger partial charge in [0.1, 0.15) is 4.21 Å². The monoisotopic (exact) mass is 372 g/mol. The lowest BCUT2D eigenvalue weighted by molar-refractivity contribution is -0.121. The van der Waals surface area contributed by atoms with Crippen LogP contribution in [0.1, 0.15) is 24.9 Å². The quantitative estimate of drug-likeness (QED) is 0.784. The molecule has 0 spiro atoms. The molecule has 0 radical (unpaired) electrons. The summed E-state index contributed by atoms with van der Waals surface area (Å²) < 4.78 is 26.5. The lowest BCUT2D eigenvalue weighted by atomic mass is 10.1. The fourth-order valence-corrected chi connectivity index (χ4v) is 4.23. The molecule has 0 bridgehead atoms. The van der Waals surface area contributed by atoms with Crippen molar-refractivity contribution in [2.24, 2.45) is 0 Å². The maximum atomic E-state index is 11.9. The van der Waals surface area contributed by atoms with Crippen molar-refractivity contribution in [1.82, 2.24) is 10.0 Å².